The molecule has 0 saturated heterocycles. The lowest BCUT2D eigenvalue weighted by molar-refractivity contribution is -0.112. The molecule has 3 rings (SSSR count). The second-order valence-electron chi connectivity index (χ2n) is 5.97. The second kappa shape index (κ2) is 9.72. The van der Waals surface area contributed by atoms with Gasteiger partial charge in [0.05, 0.1) is 0 Å². The molecule has 0 heterocycles. The first-order chi connectivity index (χ1) is 13.6. The maximum atomic E-state index is 12.3. The molecule has 0 unspecified atom stereocenters. The minimum atomic E-state index is -0.437. The molecule has 0 aliphatic heterocycles. The highest BCUT2D eigenvalue weighted by Crippen LogP contribution is 2.17. The number of amides is 1. The van der Waals surface area contributed by atoms with Gasteiger partial charge in [0.25, 0.3) is 5.91 Å². The van der Waals surface area contributed by atoms with E-state index in [-0.39, 0.29) is 5.57 Å². The van der Waals surface area contributed by atoms with E-state index in [9.17, 15) is 10.1 Å². The zero-order valence-electron chi connectivity index (χ0n) is 14.9. The van der Waals surface area contributed by atoms with Crippen molar-refractivity contribution in [2.45, 2.75) is 6.61 Å². The fourth-order valence-electron chi connectivity index (χ4n) is 2.45. The molecule has 0 aromatic heterocycles. The molecule has 0 aliphatic rings. The van der Waals surface area contributed by atoms with E-state index in [0.717, 1.165) is 20.4 Å². The van der Waals surface area contributed by atoms with Gasteiger partial charge in [-0.25, -0.2) is 0 Å². The normalized spacial score (nSPS) is 10.8. The lowest BCUT2D eigenvalue weighted by atomic mass is 10.1. The Bertz CT molecular complexity index is 1010. The molecule has 0 radical (unpaired) electrons. The van der Waals surface area contributed by atoms with Crippen molar-refractivity contribution in [3.63, 3.8) is 0 Å². The van der Waals surface area contributed by atoms with E-state index in [0.29, 0.717) is 12.3 Å². The summed E-state index contributed by atoms with van der Waals surface area (Å²) in [4.78, 5) is 12.3. The van der Waals surface area contributed by atoms with E-state index in [4.69, 9.17) is 4.74 Å². The Kier molecular flexibility index (Phi) is 6.82. The number of carbonyl (C=O) groups excluding carboxylic acids is 1. The molecule has 3 aromatic rings. The monoisotopic (exact) mass is 480 g/mol. The molecule has 0 bridgehead atoms. The van der Waals surface area contributed by atoms with Crippen LogP contribution in [0.3, 0.4) is 0 Å². The summed E-state index contributed by atoms with van der Waals surface area (Å²) in [6, 6.07) is 26.5. The molecule has 0 fully saturated rings. The number of anilines is 1. The van der Waals surface area contributed by atoms with Gasteiger partial charge in [-0.15, -0.1) is 0 Å². The van der Waals surface area contributed by atoms with Crippen LogP contribution in [-0.2, 0) is 11.4 Å². The van der Waals surface area contributed by atoms with Crippen LogP contribution in [0.25, 0.3) is 6.08 Å². The van der Waals surface area contributed by atoms with Crippen LogP contribution >= 0.6 is 22.6 Å². The van der Waals surface area contributed by atoms with Crippen LogP contribution in [0.4, 0.5) is 5.69 Å². The quantitative estimate of drug-likeness (QED) is 0.291. The summed E-state index contributed by atoms with van der Waals surface area (Å²) in [6.07, 6.45) is 1.56. The van der Waals surface area contributed by atoms with E-state index < -0.39 is 5.91 Å². The van der Waals surface area contributed by atoms with Crippen LogP contribution in [0.5, 0.6) is 5.75 Å². The Morgan fingerprint density at radius 1 is 1.00 bits per heavy atom. The van der Waals surface area contributed by atoms with Crippen LogP contribution in [-0.4, -0.2) is 5.91 Å². The number of carbonyl (C=O) groups is 1. The Labute approximate surface area is 177 Å². The van der Waals surface area contributed by atoms with Crippen LogP contribution in [0.2, 0.25) is 0 Å². The van der Waals surface area contributed by atoms with Crippen LogP contribution in [0, 0.1) is 14.9 Å². The molecule has 0 spiro atoms. The first-order valence-corrected chi connectivity index (χ1v) is 9.67. The van der Waals surface area contributed by atoms with Gasteiger partial charge in [-0.1, -0.05) is 42.5 Å². The molecule has 0 aliphatic carbocycles. The number of nitrogens with one attached hydrogen (secondary N) is 1. The van der Waals surface area contributed by atoms with Gasteiger partial charge in [0, 0.05) is 9.26 Å². The minimum absolute atomic E-state index is 0.0384. The van der Waals surface area contributed by atoms with Crippen LogP contribution in [0.1, 0.15) is 11.1 Å². The molecule has 1 N–H and O–H groups in total. The summed E-state index contributed by atoms with van der Waals surface area (Å²) < 4.78 is 6.82. The second-order valence-corrected chi connectivity index (χ2v) is 7.22. The lowest BCUT2D eigenvalue weighted by Gasteiger charge is -2.07. The number of ether oxygens (including phenoxy) is 1. The van der Waals surface area contributed by atoms with Crippen molar-refractivity contribution in [1.82, 2.24) is 0 Å². The van der Waals surface area contributed by atoms with Gasteiger partial charge in [-0.2, -0.15) is 5.26 Å². The molecule has 4 nitrogen and oxygen atoms in total. The molecule has 0 saturated carbocycles. The number of rotatable bonds is 6. The highest BCUT2D eigenvalue weighted by molar-refractivity contribution is 14.1. The molecule has 0 atom stereocenters. The van der Waals surface area contributed by atoms with Crippen molar-refractivity contribution in [1.29, 1.82) is 5.26 Å². The number of halogens is 1. The van der Waals surface area contributed by atoms with E-state index in [2.05, 4.69) is 27.9 Å². The van der Waals surface area contributed by atoms with Crippen LogP contribution in [0.15, 0.2) is 84.4 Å². The Hall–Kier alpha value is -3.11. The van der Waals surface area contributed by atoms with Gasteiger partial charge in [-0.3, -0.25) is 4.79 Å². The van der Waals surface area contributed by atoms with E-state index >= 15 is 0 Å². The van der Waals surface area contributed by atoms with Gasteiger partial charge in [0.2, 0.25) is 0 Å². The number of nitriles is 1. The number of benzene rings is 3. The molecule has 1 amide bonds. The fraction of sp³-hybridized carbons (Fsp3) is 0.0435. The average Bonchev–Trinajstić information content (AvgIpc) is 2.73. The fourth-order valence-corrected chi connectivity index (χ4v) is 2.81. The van der Waals surface area contributed by atoms with Crippen molar-refractivity contribution >= 4 is 40.3 Å². The predicted molar refractivity (Wildman–Crippen MR) is 119 cm³/mol. The third-order valence-corrected chi connectivity index (χ3v) is 4.63. The first-order valence-electron chi connectivity index (χ1n) is 8.59. The largest absolute Gasteiger partial charge is 0.489 e. The first kappa shape index (κ1) is 19.6. The molecule has 5 heteroatoms. The van der Waals surface area contributed by atoms with Crippen LogP contribution < -0.4 is 10.1 Å². The van der Waals surface area contributed by atoms with Crippen molar-refractivity contribution in [2.75, 3.05) is 5.32 Å². The summed E-state index contributed by atoms with van der Waals surface area (Å²) in [6.45, 7) is 0.484. The van der Waals surface area contributed by atoms with Gasteiger partial charge in [0.15, 0.2) is 0 Å². The average molecular weight is 480 g/mol. The highest BCUT2D eigenvalue weighted by Gasteiger charge is 2.09. The third kappa shape index (κ3) is 5.69. The summed E-state index contributed by atoms with van der Waals surface area (Å²) in [5.41, 5.74) is 2.53. The number of hydrogen-bond acceptors (Lipinski definition) is 3. The summed E-state index contributed by atoms with van der Waals surface area (Å²) in [5, 5.41) is 12.1. The molecule has 3 aromatic carbocycles. The Morgan fingerprint density at radius 3 is 2.32 bits per heavy atom. The van der Waals surface area contributed by atoms with Crippen molar-refractivity contribution in [3.8, 4) is 11.8 Å². The molecule has 28 heavy (non-hydrogen) atoms. The van der Waals surface area contributed by atoms with Gasteiger partial charge in [-0.05, 0) is 76.2 Å². The van der Waals surface area contributed by atoms with E-state index in [1.165, 1.54) is 0 Å². The number of hydrogen-bond donors (Lipinski definition) is 1. The Morgan fingerprint density at radius 2 is 1.68 bits per heavy atom. The van der Waals surface area contributed by atoms with Gasteiger partial charge in [0.1, 0.15) is 24.0 Å². The molecular weight excluding hydrogens is 463 g/mol. The van der Waals surface area contributed by atoms with E-state index in [1.807, 2.05) is 72.8 Å². The molecular formula is C23H17IN2O2. The maximum Gasteiger partial charge on any atom is 0.266 e. The highest BCUT2D eigenvalue weighted by atomic mass is 127. The topological polar surface area (TPSA) is 62.1 Å². The number of nitrogens with zero attached hydrogens (tertiary/aromatic N) is 1. The smallest absolute Gasteiger partial charge is 0.266 e. The van der Waals surface area contributed by atoms with Crippen molar-refractivity contribution in [3.05, 3.63) is 99.1 Å². The van der Waals surface area contributed by atoms with Gasteiger partial charge >= 0.3 is 0 Å². The zero-order valence-corrected chi connectivity index (χ0v) is 17.1. The van der Waals surface area contributed by atoms with Crippen molar-refractivity contribution in [2.24, 2.45) is 0 Å². The minimum Gasteiger partial charge on any atom is -0.489 e. The third-order valence-electron chi connectivity index (χ3n) is 3.91. The van der Waals surface area contributed by atoms with Gasteiger partial charge < -0.3 is 10.1 Å². The zero-order chi connectivity index (χ0) is 19.8. The summed E-state index contributed by atoms with van der Waals surface area (Å²) >= 11 is 2.19. The SMILES string of the molecule is N#C/C(=C/c1ccc(OCc2ccccc2)cc1)C(=O)Nc1ccc(I)cc1. The maximum absolute atomic E-state index is 12.3. The molecule has 138 valence electrons. The lowest BCUT2D eigenvalue weighted by Crippen LogP contribution is -2.13. The predicted octanol–water partition coefficient (Wildman–Crippen LogP) is 5.42. The summed E-state index contributed by atoms with van der Waals surface area (Å²) in [5.74, 6) is 0.288. The van der Waals surface area contributed by atoms with E-state index in [1.54, 1.807) is 18.2 Å². The van der Waals surface area contributed by atoms with Crippen molar-refractivity contribution < 1.29 is 9.53 Å². The standard InChI is InChI=1S/C23H17IN2O2/c24-20-8-10-21(11-9-20)26-23(27)19(15-25)14-17-6-12-22(13-7-17)28-16-18-4-2-1-3-5-18/h1-14H,16H2,(H,26,27)/b19-14-. The Balaban J connectivity index is 1.64. The summed E-state index contributed by atoms with van der Waals surface area (Å²) in [7, 11) is 0.